The Bertz CT molecular complexity index is 334. The molecule has 0 radical (unpaired) electrons. The third kappa shape index (κ3) is 19.5. The number of carbonyl (C=O) groups is 1. The summed E-state index contributed by atoms with van der Waals surface area (Å²) < 4.78 is 4.83. The van der Waals surface area contributed by atoms with Crippen molar-refractivity contribution in [1.82, 2.24) is 0 Å². The summed E-state index contributed by atoms with van der Waals surface area (Å²) in [5, 5.41) is 8.63. The Balaban J connectivity index is -0.000000342. The number of phenolic OH excluding ortho intramolecular Hbond substituents is 1. The van der Waals surface area contributed by atoms with Gasteiger partial charge in [-0.25, -0.2) is 0 Å². The van der Waals surface area contributed by atoms with Crippen LogP contribution in [0.3, 0.4) is 0 Å². The molecule has 0 spiro atoms. The van der Waals surface area contributed by atoms with Gasteiger partial charge in [0, 0.05) is 6.92 Å². The van der Waals surface area contributed by atoms with E-state index in [1.165, 1.54) is 45.4 Å². The Hall–Kier alpha value is -0.510. The molecule has 0 bridgehead atoms. The van der Waals surface area contributed by atoms with Gasteiger partial charge >= 0.3 is 35.5 Å². The van der Waals surface area contributed by atoms with E-state index in [1.807, 2.05) is 6.07 Å². The Labute approximate surface area is 152 Å². The molecule has 0 fully saturated rings. The molecule has 1 N–H and O–H groups in total. The molecule has 0 aromatic heterocycles. The first-order valence-electron chi connectivity index (χ1n) is 7.54. The van der Waals surface area contributed by atoms with Crippen LogP contribution in [0.1, 0.15) is 60.2 Å². The van der Waals surface area contributed by atoms with Crippen LogP contribution in [-0.4, -0.2) is 17.7 Å². The molecule has 0 aliphatic carbocycles. The topological polar surface area (TPSA) is 46.5 Å². The van der Waals surface area contributed by atoms with Crippen molar-refractivity contribution >= 4 is 5.97 Å². The molecule has 21 heavy (non-hydrogen) atoms. The normalized spacial score (nSPS) is 9.05. The van der Waals surface area contributed by atoms with Gasteiger partial charge in [0.25, 0.3) is 0 Å². The zero-order valence-electron chi connectivity index (χ0n) is 14.8. The van der Waals surface area contributed by atoms with E-state index < -0.39 is 0 Å². The Morgan fingerprint density at radius 3 is 2.00 bits per heavy atom. The van der Waals surface area contributed by atoms with Gasteiger partial charge in [-0.2, -0.15) is 0 Å². The molecule has 1 aromatic carbocycles. The maximum Gasteiger partial charge on any atom is 1.00 e. The number of benzene rings is 1. The van der Waals surface area contributed by atoms with E-state index in [0.29, 0.717) is 12.4 Å². The minimum absolute atomic E-state index is 0. The number of carbonyl (C=O) groups excluding carboxylic acids is 1. The van der Waals surface area contributed by atoms with Gasteiger partial charge in [-0.3, -0.25) is 4.79 Å². The van der Waals surface area contributed by atoms with Gasteiger partial charge in [0.1, 0.15) is 5.75 Å². The monoisotopic (exact) mass is 304 g/mol. The Morgan fingerprint density at radius 1 is 1.05 bits per heavy atom. The van der Waals surface area contributed by atoms with E-state index in [1.54, 1.807) is 24.3 Å². The average molecular weight is 304 g/mol. The van der Waals surface area contributed by atoms with Gasteiger partial charge in [-0.1, -0.05) is 63.6 Å². The zero-order chi connectivity index (χ0) is 15.1. The predicted octanol–water partition coefficient (Wildman–Crippen LogP) is 1.81. The summed E-state index contributed by atoms with van der Waals surface area (Å²) in [7, 11) is 0. The zero-order valence-corrected chi connectivity index (χ0v) is 15.8. The van der Waals surface area contributed by atoms with Crippen molar-refractivity contribution in [3.8, 4) is 5.75 Å². The second-order valence-corrected chi connectivity index (χ2v) is 4.80. The van der Waals surface area contributed by atoms with E-state index in [2.05, 4.69) is 6.92 Å². The fourth-order valence-corrected chi connectivity index (χ4v) is 1.70. The number of hydrogen-bond donors (Lipinski definition) is 1. The van der Waals surface area contributed by atoms with Crippen LogP contribution < -0.4 is 29.6 Å². The van der Waals surface area contributed by atoms with Gasteiger partial charge in [0.2, 0.25) is 0 Å². The van der Waals surface area contributed by atoms with Gasteiger partial charge in [-0.15, -0.1) is 0 Å². The quantitative estimate of drug-likeness (QED) is 0.453. The van der Waals surface area contributed by atoms with Crippen molar-refractivity contribution in [3.63, 3.8) is 0 Å². The van der Waals surface area contributed by atoms with Crippen LogP contribution in [0, 0.1) is 0 Å². The van der Waals surface area contributed by atoms with Crippen LogP contribution in [0.5, 0.6) is 5.75 Å². The smallest absolute Gasteiger partial charge is 1.00 e. The number of ether oxygens (including phenoxy) is 1. The summed E-state index contributed by atoms with van der Waals surface area (Å²) in [5.74, 6) is 0.161. The second kappa shape index (κ2) is 17.5. The molecule has 0 heterocycles. The first kappa shape index (κ1) is 22.8. The minimum atomic E-state index is -0.161. The molecule has 0 aliphatic rings. The fraction of sp³-hybridized carbons (Fsp3) is 0.588. The van der Waals surface area contributed by atoms with Crippen LogP contribution in [0.15, 0.2) is 30.3 Å². The summed E-state index contributed by atoms with van der Waals surface area (Å²) >= 11 is 0. The van der Waals surface area contributed by atoms with Crippen LogP contribution in [0.2, 0.25) is 0 Å². The largest absolute Gasteiger partial charge is 1.00 e. The Morgan fingerprint density at radius 2 is 1.57 bits per heavy atom. The summed E-state index contributed by atoms with van der Waals surface area (Å²) in [6.45, 7) is 4.28. The molecule has 1 rings (SSSR count). The average Bonchev–Trinajstić information content (AvgIpc) is 2.43. The molecule has 0 atom stereocenters. The van der Waals surface area contributed by atoms with Gasteiger partial charge in [-0.05, 0) is 18.6 Å². The fourth-order valence-electron chi connectivity index (χ4n) is 1.70. The van der Waals surface area contributed by atoms with E-state index in [0.717, 1.165) is 6.42 Å². The summed E-state index contributed by atoms with van der Waals surface area (Å²) in [6.07, 6.45) is 8.82. The number of aromatic hydroxyl groups is 1. The summed E-state index contributed by atoms with van der Waals surface area (Å²) in [6, 6.07) is 8.71. The maximum absolute atomic E-state index is 10.4. The first-order valence-corrected chi connectivity index (χ1v) is 7.54. The van der Waals surface area contributed by atoms with Crippen molar-refractivity contribution in [2.24, 2.45) is 0 Å². The number of phenols is 1. The number of rotatable bonds is 8. The van der Waals surface area contributed by atoms with E-state index in [-0.39, 0.29) is 37.0 Å². The van der Waals surface area contributed by atoms with Crippen LogP contribution >= 0.6 is 0 Å². The molecule has 0 saturated carbocycles. The van der Waals surface area contributed by atoms with Crippen molar-refractivity contribution in [1.29, 1.82) is 0 Å². The number of hydrogen-bond acceptors (Lipinski definition) is 3. The second-order valence-electron chi connectivity index (χ2n) is 4.80. The maximum atomic E-state index is 10.4. The molecular weight excluding hydrogens is 275 g/mol. The molecule has 4 heteroatoms. The van der Waals surface area contributed by atoms with Gasteiger partial charge in [0.05, 0.1) is 6.61 Å². The van der Waals surface area contributed by atoms with Crippen LogP contribution in [-0.2, 0) is 9.53 Å². The minimum Gasteiger partial charge on any atom is -1.00 e. The number of esters is 1. The van der Waals surface area contributed by atoms with E-state index >= 15 is 0 Å². The molecule has 0 aliphatic heterocycles. The van der Waals surface area contributed by atoms with Crippen LogP contribution in [0.25, 0.3) is 0 Å². The van der Waals surface area contributed by atoms with E-state index in [4.69, 9.17) is 9.84 Å². The molecule has 1 aromatic rings. The van der Waals surface area contributed by atoms with Gasteiger partial charge < -0.3 is 11.3 Å². The van der Waals surface area contributed by atoms with Crippen LogP contribution in [0.4, 0.5) is 0 Å². The summed E-state index contributed by atoms with van der Waals surface area (Å²) in [4.78, 5) is 10.4. The van der Waals surface area contributed by atoms with Crippen molar-refractivity contribution < 1.29 is 45.6 Å². The van der Waals surface area contributed by atoms with E-state index in [9.17, 15) is 4.79 Å². The SMILES string of the molecule is CCCCCCCCCOC(C)=O.Oc1ccccc1.[H-].[Na+]. The standard InChI is InChI=1S/C11H22O2.C6H6O.Na.H/c1-3-4-5-6-7-8-9-10-13-11(2)12;7-6-4-2-1-3-5-6;;/h3-10H2,1-2H3;1-5,7H;;/q;;+1;-1. The predicted molar refractivity (Wildman–Crippen MR) is 83.8 cm³/mol. The first-order chi connectivity index (χ1) is 9.66. The molecule has 0 unspecified atom stereocenters. The number of para-hydroxylation sites is 1. The van der Waals surface area contributed by atoms with Gasteiger partial charge in [0.15, 0.2) is 0 Å². The third-order valence-electron chi connectivity index (χ3n) is 2.81. The number of unbranched alkanes of at least 4 members (excludes halogenated alkanes) is 6. The van der Waals surface area contributed by atoms with Crippen molar-refractivity contribution in [2.45, 2.75) is 58.8 Å². The molecule has 0 amide bonds. The van der Waals surface area contributed by atoms with Crippen molar-refractivity contribution in [3.05, 3.63) is 30.3 Å². The third-order valence-corrected chi connectivity index (χ3v) is 2.81. The summed E-state index contributed by atoms with van der Waals surface area (Å²) in [5.41, 5.74) is 0. The molecular formula is C17H29NaO3. The molecule has 116 valence electrons. The molecule has 3 nitrogen and oxygen atoms in total. The van der Waals surface area contributed by atoms with Crippen molar-refractivity contribution in [2.75, 3.05) is 6.61 Å². The Kier molecular flexibility index (Phi) is 19.0. The molecule has 0 saturated heterocycles.